The minimum atomic E-state index is -0.929. The topological polar surface area (TPSA) is 120 Å². The Bertz CT molecular complexity index is 1230. The minimum absolute atomic E-state index is 0.0452. The molecule has 33 heavy (non-hydrogen) atoms. The molecule has 3 atom stereocenters. The third kappa shape index (κ3) is 3.13. The summed E-state index contributed by atoms with van der Waals surface area (Å²) < 4.78 is 26.0. The van der Waals surface area contributed by atoms with E-state index < -0.39 is 30.4 Å². The fraction of sp³-hybridized carbons (Fsp3) is 0.304. The number of nitrogens with zero attached hydrogens (tertiary/aromatic N) is 1. The Morgan fingerprint density at radius 2 is 1.85 bits per heavy atom. The minimum Gasteiger partial charge on any atom is -0.493 e. The molecule has 0 spiro atoms. The average Bonchev–Trinajstić information content (AvgIpc) is 3.41. The fourth-order valence-electron chi connectivity index (χ4n) is 4.65. The molecule has 2 aliphatic rings. The number of para-hydroxylation sites is 1. The van der Waals surface area contributed by atoms with Gasteiger partial charge in [0.1, 0.15) is 24.8 Å². The van der Waals surface area contributed by atoms with Crippen LogP contribution in [0.5, 0.6) is 17.2 Å². The van der Waals surface area contributed by atoms with E-state index in [0.717, 1.165) is 10.9 Å². The van der Waals surface area contributed by atoms with Crippen LogP contribution in [0.25, 0.3) is 10.9 Å². The number of H-pyrrole nitrogens is 1. The van der Waals surface area contributed by atoms with Crippen LogP contribution in [0.2, 0.25) is 0 Å². The molecule has 0 saturated carbocycles. The molecule has 3 heterocycles. The summed E-state index contributed by atoms with van der Waals surface area (Å²) in [6, 6.07) is 9.73. The lowest BCUT2D eigenvalue weighted by molar-refractivity contribution is 0.0591. The number of amides is 1. The van der Waals surface area contributed by atoms with E-state index in [-0.39, 0.29) is 23.9 Å². The Morgan fingerprint density at radius 3 is 2.52 bits per heavy atom. The zero-order valence-corrected chi connectivity index (χ0v) is 18.2. The van der Waals surface area contributed by atoms with Crippen LogP contribution in [-0.2, 0) is 9.47 Å². The summed E-state index contributed by atoms with van der Waals surface area (Å²) in [5, 5.41) is 12.0. The molecule has 1 fully saturated rings. The molecule has 10 nitrogen and oxygen atoms in total. The van der Waals surface area contributed by atoms with Gasteiger partial charge in [0.2, 0.25) is 5.75 Å². The summed E-state index contributed by atoms with van der Waals surface area (Å²) in [6.07, 6.45) is -2.40. The monoisotopic (exact) mass is 454 g/mol. The van der Waals surface area contributed by atoms with Gasteiger partial charge in [0.25, 0.3) is 0 Å². The molecule has 10 heteroatoms. The Hall–Kier alpha value is -3.92. The lowest BCUT2D eigenvalue weighted by Crippen LogP contribution is -2.45. The number of rotatable bonds is 4. The van der Waals surface area contributed by atoms with Crippen LogP contribution >= 0.6 is 0 Å². The van der Waals surface area contributed by atoms with Gasteiger partial charge in [-0.1, -0.05) is 18.2 Å². The quantitative estimate of drug-likeness (QED) is 0.455. The van der Waals surface area contributed by atoms with E-state index in [2.05, 4.69) is 9.72 Å². The first kappa shape index (κ1) is 21.0. The highest BCUT2D eigenvalue weighted by Crippen LogP contribution is 2.50. The van der Waals surface area contributed by atoms with Crippen LogP contribution < -0.4 is 14.2 Å². The number of aliphatic hydroxyl groups excluding tert-OH is 1. The van der Waals surface area contributed by atoms with Crippen molar-refractivity contribution in [2.45, 2.75) is 18.2 Å². The predicted octanol–water partition coefficient (Wildman–Crippen LogP) is 3.29. The Labute approximate surface area is 188 Å². The Balaban J connectivity index is 1.73. The zero-order chi connectivity index (χ0) is 23.3. The molecule has 1 saturated heterocycles. The van der Waals surface area contributed by atoms with Crippen molar-refractivity contribution in [3.63, 3.8) is 0 Å². The standard InChI is InChI=1S/C23H22N2O8/c1-29-15-8-11(9-16(30-2)21(15)33-23(28)31-3)19-18-17(12-6-4-5-7-13(12)24-18)20(26)14-10-32-22(27)25(14)19/h4-9,14,19-20,24,26H,10H2,1-3H3/t14-,19-,20+/m1/s1. The molecule has 1 amide bonds. The summed E-state index contributed by atoms with van der Waals surface area (Å²) in [7, 11) is 4.04. The molecule has 3 aromatic rings. The smallest absolute Gasteiger partial charge is 0.493 e. The summed E-state index contributed by atoms with van der Waals surface area (Å²) in [6.45, 7) is 0.0628. The van der Waals surface area contributed by atoms with Gasteiger partial charge >= 0.3 is 12.2 Å². The van der Waals surface area contributed by atoms with Crippen molar-refractivity contribution >= 4 is 23.2 Å². The summed E-state index contributed by atoms with van der Waals surface area (Å²) in [5.74, 6) is 0.467. The van der Waals surface area contributed by atoms with Gasteiger partial charge in [-0.15, -0.1) is 0 Å². The lowest BCUT2D eigenvalue weighted by Gasteiger charge is -2.38. The van der Waals surface area contributed by atoms with Gasteiger partial charge in [-0.2, -0.15) is 0 Å². The second-order valence-corrected chi connectivity index (χ2v) is 7.71. The molecule has 2 N–H and O–H groups in total. The van der Waals surface area contributed by atoms with Gasteiger partial charge in [-0.05, 0) is 23.8 Å². The number of aromatic amines is 1. The summed E-state index contributed by atoms with van der Waals surface area (Å²) >= 11 is 0. The number of cyclic esters (lactones) is 1. The van der Waals surface area contributed by atoms with E-state index in [1.165, 1.54) is 26.2 Å². The maximum atomic E-state index is 12.8. The fourth-order valence-corrected chi connectivity index (χ4v) is 4.65. The van der Waals surface area contributed by atoms with E-state index >= 15 is 0 Å². The molecular weight excluding hydrogens is 432 g/mol. The SMILES string of the molecule is COC(=O)Oc1c(OC)cc([C@@H]2c3[nH]c4ccccc4c3[C@@H](O)[C@H]3COC(=O)N23)cc1OC. The van der Waals surface area contributed by atoms with E-state index in [9.17, 15) is 14.7 Å². The zero-order valence-electron chi connectivity index (χ0n) is 18.2. The van der Waals surface area contributed by atoms with Crippen LogP contribution in [0.3, 0.4) is 0 Å². The number of benzene rings is 2. The number of hydrogen-bond acceptors (Lipinski definition) is 8. The van der Waals surface area contributed by atoms with Crippen LogP contribution in [0.15, 0.2) is 36.4 Å². The van der Waals surface area contributed by atoms with Gasteiger partial charge in [-0.25, -0.2) is 9.59 Å². The molecule has 0 bridgehead atoms. The predicted molar refractivity (Wildman–Crippen MR) is 115 cm³/mol. The number of nitrogens with one attached hydrogen (secondary N) is 1. The van der Waals surface area contributed by atoms with Crippen molar-refractivity contribution in [1.29, 1.82) is 0 Å². The molecule has 0 unspecified atom stereocenters. The van der Waals surface area contributed by atoms with Crippen LogP contribution in [0, 0.1) is 0 Å². The third-order valence-corrected chi connectivity index (χ3v) is 6.08. The molecule has 2 aliphatic heterocycles. The Morgan fingerprint density at radius 1 is 1.15 bits per heavy atom. The summed E-state index contributed by atoms with van der Waals surface area (Å²) in [5.41, 5.74) is 2.82. The number of aliphatic hydroxyl groups is 1. The normalized spacial score (nSPS) is 21.3. The number of ether oxygens (including phenoxy) is 5. The van der Waals surface area contributed by atoms with E-state index in [1.54, 1.807) is 12.1 Å². The maximum Gasteiger partial charge on any atom is 0.513 e. The van der Waals surface area contributed by atoms with Crippen molar-refractivity contribution in [1.82, 2.24) is 9.88 Å². The highest BCUT2D eigenvalue weighted by molar-refractivity contribution is 5.87. The third-order valence-electron chi connectivity index (χ3n) is 6.08. The number of aromatic nitrogens is 1. The van der Waals surface area contributed by atoms with Crippen molar-refractivity contribution in [2.24, 2.45) is 0 Å². The molecule has 1 aromatic heterocycles. The molecule has 2 aromatic carbocycles. The first-order valence-electron chi connectivity index (χ1n) is 10.2. The number of carbonyl (C=O) groups excluding carboxylic acids is 2. The summed E-state index contributed by atoms with van der Waals surface area (Å²) in [4.78, 5) is 29.4. The van der Waals surface area contributed by atoms with E-state index in [1.807, 2.05) is 24.3 Å². The molecule has 0 radical (unpaired) electrons. The highest BCUT2D eigenvalue weighted by Gasteiger charge is 2.50. The largest absolute Gasteiger partial charge is 0.513 e. The van der Waals surface area contributed by atoms with Gasteiger partial charge in [-0.3, -0.25) is 4.90 Å². The van der Waals surface area contributed by atoms with Gasteiger partial charge in [0, 0.05) is 22.2 Å². The maximum absolute atomic E-state index is 12.8. The van der Waals surface area contributed by atoms with Crippen molar-refractivity contribution in [3.8, 4) is 17.2 Å². The van der Waals surface area contributed by atoms with E-state index in [4.69, 9.17) is 18.9 Å². The van der Waals surface area contributed by atoms with Gasteiger partial charge in [0.15, 0.2) is 11.5 Å². The van der Waals surface area contributed by atoms with Crippen molar-refractivity contribution in [2.75, 3.05) is 27.9 Å². The Kier molecular flexibility index (Phi) is 5.01. The first-order chi connectivity index (χ1) is 16.0. The second-order valence-electron chi connectivity index (χ2n) is 7.71. The van der Waals surface area contributed by atoms with Crippen LogP contribution in [0.1, 0.15) is 29.0 Å². The highest BCUT2D eigenvalue weighted by atomic mass is 16.7. The first-order valence-corrected chi connectivity index (χ1v) is 10.2. The lowest BCUT2D eigenvalue weighted by atomic mass is 9.87. The van der Waals surface area contributed by atoms with Crippen molar-refractivity contribution < 1.29 is 38.4 Å². The number of hydrogen-bond donors (Lipinski definition) is 2. The second kappa shape index (κ2) is 7.89. The molecule has 5 rings (SSSR count). The average molecular weight is 454 g/mol. The van der Waals surface area contributed by atoms with E-state index in [0.29, 0.717) is 16.8 Å². The van der Waals surface area contributed by atoms with Gasteiger partial charge < -0.3 is 33.8 Å². The van der Waals surface area contributed by atoms with Crippen molar-refractivity contribution in [3.05, 3.63) is 53.2 Å². The van der Waals surface area contributed by atoms with Crippen LogP contribution in [0.4, 0.5) is 9.59 Å². The van der Waals surface area contributed by atoms with Crippen LogP contribution in [-0.4, -0.2) is 61.2 Å². The number of carbonyl (C=O) groups is 2. The number of methoxy groups -OCH3 is 3. The van der Waals surface area contributed by atoms with Gasteiger partial charge in [0.05, 0.1) is 21.3 Å². The number of fused-ring (bicyclic) bond motifs is 4. The molecule has 0 aliphatic carbocycles. The molecule has 172 valence electrons. The molecular formula is C23H22N2O8.